The molecule has 2 rings (SSSR count). The van der Waals surface area contributed by atoms with Gasteiger partial charge in [-0.25, -0.2) is 4.98 Å². The number of rotatable bonds is 2. The number of pyridine rings is 1. The summed E-state index contributed by atoms with van der Waals surface area (Å²) in [4.78, 5) is 4.25. The van der Waals surface area contributed by atoms with E-state index in [0.29, 0.717) is 12.5 Å². The number of hydrogen-bond donors (Lipinski definition) is 1. The lowest BCUT2D eigenvalue weighted by atomic mass is 10.0. The summed E-state index contributed by atoms with van der Waals surface area (Å²) in [5.74, 6) is 0.411. The van der Waals surface area contributed by atoms with Crippen molar-refractivity contribution in [2.24, 2.45) is 5.73 Å². The molecule has 14 heavy (non-hydrogen) atoms. The molecule has 0 amide bonds. The molecule has 0 aliphatic rings. The minimum atomic E-state index is 0.411. The fourth-order valence-electron chi connectivity index (χ4n) is 1.58. The number of imidazole rings is 1. The number of fused-ring (bicyclic) bond motifs is 1. The quantitative estimate of drug-likeness (QED) is 0.781. The summed E-state index contributed by atoms with van der Waals surface area (Å²) in [7, 11) is 0. The molecule has 3 heteroatoms. The summed E-state index contributed by atoms with van der Waals surface area (Å²) >= 11 is 0. The van der Waals surface area contributed by atoms with Gasteiger partial charge in [-0.2, -0.15) is 0 Å². The highest BCUT2D eigenvalue weighted by atomic mass is 15.0. The number of nitrogens with zero attached hydrogens (tertiary/aromatic N) is 2. The van der Waals surface area contributed by atoms with Gasteiger partial charge < -0.3 is 10.1 Å². The van der Waals surface area contributed by atoms with E-state index in [9.17, 15) is 0 Å². The average molecular weight is 189 g/mol. The molecule has 3 nitrogen and oxygen atoms in total. The van der Waals surface area contributed by atoms with Crippen LogP contribution in [0, 0.1) is 6.92 Å². The predicted molar refractivity (Wildman–Crippen MR) is 57.4 cm³/mol. The maximum atomic E-state index is 5.64. The SMILES string of the molecule is Cc1ncn2ccc(C(C)CN)cc12. The maximum Gasteiger partial charge on any atom is 0.0995 e. The standard InChI is InChI=1S/C11H15N3/c1-8(6-12)10-3-4-14-7-13-9(2)11(14)5-10/h3-5,7-8H,6,12H2,1-2H3. The van der Waals surface area contributed by atoms with Crippen LogP contribution in [0.5, 0.6) is 0 Å². The molecular formula is C11H15N3. The zero-order chi connectivity index (χ0) is 10.1. The number of aryl methyl sites for hydroxylation is 1. The van der Waals surface area contributed by atoms with E-state index in [-0.39, 0.29) is 0 Å². The van der Waals surface area contributed by atoms with Crippen LogP contribution in [-0.4, -0.2) is 15.9 Å². The Morgan fingerprint density at radius 2 is 2.36 bits per heavy atom. The largest absolute Gasteiger partial charge is 0.330 e. The molecule has 74 valence electrons. The lowest BCUT2D eigenvalue weighted by Crippen LogP contribution is -2.08. The first kappa shape index (κ1) is 9.21. The lowest BCUT2D eigenvalue weighted by molar-refractivity contribution is 0.773. The molecule has 0 aromatic carbocycles. The van der Waals surface area contributed by atoms with E-state index < -0.39 is 0 Å². The topological polar surface area (TPSA) is 43.3 Å². The van der Waals surface area contributed by atoms with Crippen LogP contribution in [-0.2, 0) is 0 Å². The second-order valence-electron chi connectivity index (χ2n) is 3.72. The van der Waals surface area contributed by atoms with Crippen molar-refractivity contribution in [2.75, 3.05) is 6.54 Å². The van der Waals surface area contributed by atoms with E-state index in [1.54, 1.807) is 0 Å². The Kier molecular flexibility index (Phi) is 2.25. The van der Waals surface area contributed by atoms with Gasteiger partial charge in [0.2, 0.25) is 0 Å². The zero-order valence-corrected chi connectivity index (χ0v) is 8.57. The van der Waals surface area contributed by atoms with Crippen molar-refractivity contribution in [3.63, 3.8) is 0 Å². The molecule has 0 aliphatic carbocycles. The van der Waals surface area contributed by atoms with Crippen LogP contribution in [0.1, 0.15) is 24.1 Å². The van der Waals surface area contributed by atoms with Gasteiger partial charge in [0.1, 0.15) is 0 Å². The van der Waals surface area contributed by atoms with Crippen LogP contribution in [0.3, 0.4) is 0 Å². The Labute approximate surface area is 83.6 Å². The molecule has 1 atom stereocenters. The highest BCUT2D eigenvalue weighted by Crippen LogP contribution is 2.17. The van der Waals surface area contributed by atoms with Crippen LogP contribution in [0.15, 0.2) is 24.7 Å². The van der Waals surface area contributed by atoms with Crippen LogP contribution >= 0.6 is 0 Å². The van der Waals surface area contributed by atoms with E-state index in [4.69, 9.17) is 5.73 Å². The molecule has 0 bridgehead atoms. The minimum Gasteiger partial charge on any atom is -0.330 e. The van der Waals surface area contributed by atoms with Gasteiger partial charge in [0.25, 0.3) is 0 Å². The zero-order valence-electron chi connectivity index (χ0n) is 8.57. The monoisotopic (exact) mass is 189 g/mol. The Bertz CT molecular complexity index is 445. The first-order valence-corrected chi connectivity index (χ1v) is 4.85. The van der Waals surface area contributed by atoms with Gasteiger partial charge in [-0.3, -0.25) is 0 Å². The first-order valence-electron chi connectivity index (χ1n) is 4.85. The summed E-state index contributed by atoms with van der Waals surface area (Å²) in [5, 5.41) is 0. The third-order valence-corrected chi connectivity index (χ3v) is 2.68. The molecule has 0 saturated heterocycles. The fraction of sp³-hybridized carbons (Fsp3) is 0.364. The van der Waals surface area contributed by atoms with Gasteiger partial charge in [0.15, 0.2) is 0 Å². The van der Waals surface area contributed by atoms with Gasteiger partial charge in [-0.1, -0.05) is 6.92 Å². The van der Waals surface area contributed by atoms with E-state index in [1.165, 1.54) is 11.1 Å². The Balaban J connectivity index is 2.54. The highest BCUT2D eigenvalue weighted by Gasteiger charge is 2.05. The van der Waals surface area contributed by atoms with Crippen LogP contribution < -0.4 is 5.73 Å². The van der Waals surface area contributed by atoms with E-state index in [0.717, 1.165) is 5.69 Å². The normalized spacial score (nSPS) is 13.4. The summed E-state index contributed by atoms with van der Waals surface area (Å²) in [5.41, 5.74) is 9.16. The Hall–Kier alpha value is -1.35. The molecule has 1 unspecified atom stereocenters. The van der Waals surface area contributed by atoms with E-state index in [2.05, 4.69) is 24.0 Å². The summed E-state index contributed by atoms with van der Waals surface area (Å²) < 4.78 is 2.03. The smallest absolute Gasteiger partial charge is 0.0995 e. The Morgan fingerprint density at radius 3 is 3.07 bits per heavy atom. The fourth-order valence-corrected chi connectivity index (χ4v) is 1.58. The molecule has 0 aliphatic heterocycles. The van der Waals surface area contributed by atoms with Crippen molar-refractivity contribution >= 4 is 5.52 Å². The third-order valence-electron chi connectivity index (χ3n) is 2.68. The summed E-state index contributed by atoms with van der Waals surface area (Å²) in [6.07, 6.45) is 3.87. The van der Waals surface area contributed by atoms with E-state index >= 15 is 0 Å². The predicted octanol–water partition coefficient (Wildman–Crippen LogP) is 1.70. The molecule has 0 spiro atoms. The average Bonchev–Trinajstić information content (AvgIpc) is 2.59. The molecular weight excluding hydrogens is 174 g/mol. The first-order chi connectivity index (χ1) is 6.72. The van der Waals surface area contributed by atoms with E-state index in [1.807, 2.05) is 23.8 Å². The van der Waals surface area contributed by atoms with Crippen molar-refractivity contribution in [1.29, 1.82) is 0 Å². The number of aromatic nitrogens is 2. The van der Waals surface area contributed by atoms with Crippen molar-refractivity contribution in [2.45, 2.75) is 19.8 Å². The Morgan fingerprint density at radius 1 is 1.57 bits per heavy atom. The van der Waals surface area contributed by atoms with Crippen molar-refractivity contribution < 1.29 is 0 Å². The van der Waals surface area contributed by atoms with Crippen molar-refractivity contribution in [3.8, 4) is 0 Å². The van der Waals surface area contributed by atoms with Crippen LogP contribution in [0.25, 0.3) is 5.52 Å². The van der Waals surface area contributed by atoms with Gasteiger partial charge in [-0.05, 0) is 37.1 Å². The molecule has 0 radical (unpaired) electrons. The molecule has 0 fully saturated rings. The van der Waals surface area contributed by atoms with Gasteiger partial charge in [0, 0.05) is 6.20 Å². The lowest BCUT2D eigenvalue weighted by Gasteiger charge is -2.08. The molecule has 2 aromatic rings. The second kappa shape index (κ2) is 3.42. The maximum absolute atomic E-state index is 5.64. The van der Waals surface area contributed by atoms with Gasteiger partial charge in [-0.15, -0.1) is 0 Å². The van der Waals surface area contributed by atoms with Crippen LogP contribution in [0.2, 0.25) is 0 Å². The number of nitrogens with two attached hydrogens (primary N) is 1. The molecule has 2 aromatic heterocycles. The van der Waals surface area contributed by atoms with Gasteiger partial charge >= 0.3 is 0 Å². The summed E-state index contributed by atoms with van der Waals surface area (Å²) in [6, 6.07) is 4.27. The highest BCUT2D eigenvalue weighted by molar-refractivity contribution is 5.53. The molecule has 2 N–H and O–H groups in total. The van der Waals surface area contributed by atoms with Gasteiger partial charge in [0.05, 0.1) is 17.5 Å². The molecule has 0 saturated carbocycles. The van der Waals surface area contributed by atoms with Crippen molar-refractivity contribution in [1.82, 2.24) is 9.38 Å². The minimum absolute atomic E-state index is 0.411. The third kappa shape index (κ3) is 1.40. The second-order valence-corrected chi connectivity index (χ2v) is 3.72. The summed E-state index contributed by atoms with van der Waals surface area (Å²) in [6.45, 7) is 4.84. The van der Waals surface area contributed by atoms with Crippen molar-refractivity contribution in [3.05, 3.63) is 35.9 Å². The van der Waals surface area contributed by atoms with Crippen LogP contribution in [0.4, 0.5) is 0 Å². The molecule has 2 heterocycles. The number of hydrogen-bond acceptors (Lipinski definition) is 2.